The molecule has 1 heterocycles. The zero-order valence-corrected chi connectivity index (χ0v) is 10.4. The van der Waals surface area contributed by atoms with E-state index >= 15 is 0 Å². The summed E-state index contributed by atoms with van der Waals surface area (Å²) in [5.74, 6) is 0. The molecule has 0 radical (unpaired) electrons. The molecule has 1 unspecified atom stereocenters. The fourth-order valence-electron chi connectivity index (χ4n) is 1.59. The molecule has 1 aromatic rings. The predicted octanol–water partition coefficient (Wildman–Crippen LogP) is -3.73. The van der Waals surface area contributed by atoms with Gasteiger partial charge in [-0.05, 0) is 6.08 Å². The molecule has 2 rings (SSSR count). The molecule has 0 saturated heterocycles. The Balaban J connectivity index is 0.000000312. The monoisotopic (exact) mass is 290 g/mol. The number of quaternary nitrogens is 1. The number of hydrogen-bond donors (Lipinski definition) is 1. The Kier molecular flexibility index (Phi) is 5.36. The minimum absolute atomic E-state index is 0.149. The molecule has 19 heavy (non-hydrogen) atoms. The quantitative estimate of drug-likeness (QED) is 0.438. The van der Waals surface area contributed by atoms with Crippen molar-refractivity contribution in [3.63, 3.8) is 0 Å². The third-order valence-electron chi connectivity index (χ3n) is 2.35. The molecule has 0 aromatic heterocycles. The molecule has 1 aliphatic heterocycles. The number of halogens is 1. The fourth-order valence-corrected chi connectivity index (χ4v) is 1.59. The molecule has 8 nitrogen and oxygen atoms in total. The van der Waals surface area contributed by atoms with Crippen molar-refractivity contribution < 1.29 is 38.7 Å². The summed E-state index contributed by atoms with van der Waals surface area (Å²) in [6, 6.07) is 6.72. The van der Waals surface area contributed by atoms with Crippen LogP contribution in [0.15, 0.2) is 36.5 Å². The number of nitro benzene ring substituents is 1. The zero-order valence-electron chi connectivity index (χ0n) is 9.65. The van der Waals surface area contributed by atoms with E-state index in [0.717, 1.165) is 18.7 Å². The summed E-state index contributed by atoms with van der Waals surface area (Å²) in [6.45, 7) is 1.04. The van der Waals surface area contributed by atoms with Gasteiger partial charge in [-0.3, -0.25) is 15.0 Å². The van der Waals surface area contributed by atoms with E-state index in [9.17, 15) is 10.1 Å². The van der Waals surface area contributed by atoms with Gasteiger partial charge in [-0.25, -0.2) is 18.6 Å². The number of hydrogen-bond acceptors (Lipinski definition) is 6. The number of nitro groups is 1. The zero-order chi connectivity index (χ0) is 14.5. The van der Waals surface area contributed by atoms with Crippen LogP contribution in [0.25, 0.3) is 0 Å². The second-order valence-electron chi connectivity index (χ2n) is 3.65. The van der Waals surface area contributed by atoms with Crippen molar-refractivity contribution in [3.8, 4) is 0 Å². The molecule has 1 aromatic carbocycles. The summed E-state index contributed by atoms with van der Waals surface area (Å²) in [5, 5.41) is 10.4. The minimum Gasteiger partial charge on any atom is -0.276 e. The molecule has 9 heteroatoms. The van der Waals surface area contributed by atoms with Crippen LogP contribution < -0.4 is 23.5 Å². The Morgan fingerprint density at radius 2 is 1.63 bits per heavy atom. The van der Waals surface area contributed by atoms with Crippen LogP contribution in [0.3, 0.4) is 0 Å². The average molecular weight is 291 g/mol. The van der Waals surface area contributed by atoms with Gasteiger partial charge in [0.05, 0.1) is 17.7 Å². The van der Waals surface area contributed by atoms with Crippen LogP contribution in [0.1, 0.15) is 6.42 Å². The lowest BCUT2D eigenvalue weighted by Gasteiger charge is -2.17. The first-order valence-electron chi connectivity index (χ1n) is 5.16. The Hall–Kier alpha value is -1.55. The van der Waals surface area contributed by atoms with Crippen LogP contribution in [-0.4, -0.2) is 11.5 Å². The van der Waals surface area contributed by atoms with E-state index in [2.05, 4.69) is 12.3 Å². The highest BCUT2D eigenvalue weighted by Crippen LogP contribution is 2.13. The van der Waals surface area contributed by atoms with Gasteiger partial charge in [-0.2, -0.15) is 0 Å². The van der Waals surface area contributed by atoms with E-state index in [1.54, 1.807) is 12.1 Å². The molecule has 0 aliphatic carbocycles. The van der Waals surface area contributed by atoms with Crippen molar-refractivity contribution >= 4 is 11.4 Å². The molecule has 0 amide bonds. The number of benzene rings is 1. The van der Waals surface area contributed by atoms with Crippen molar-refractivity contribution in [2.45, 2.75) is 6.42 Å². The van der Waals surface area contributed by atoms with Gasteiger partial charge in [0.25, 0.3) is 5.69 Å². The highest BCUT2D eigenvalue weighted by molar-refractivity contribution is 5.40. The van der Waals surface area contributed by atoms with E-state index in [-0.39, 0.29) is 10.6 Å². The van der Waals surface area contributed by atoms with Crippen LogP contribution in [0.4, 0.5) is 11.4 Å². The second kappa shape index (κ2) is 6.57. The summed E-state index contributed by atoms with van der Waals surface area (Å²) >= 11 is 0. The molecular formula is C10H11ClN2O6. The highest BCUT2D eigenvalue weighted by Gasteiger charge is 2.14. The Morgan fingerprint density at radius 1 is 1.11 bits per heavy atom. The summed E-state index contributed by atoms with van der Waals surface area (Å²) < 4.78 is 34.0. The second-order valence-corrected chi connectivity index (χ2v) is 4.40. The third-order valence-corrected chi connectivity index (χ3v) is 2.35. The van der Waals surface area contributed by atoms with Gasteiger partial charge in [-0.15, -0.1) is 10.2 Å². The summed E-state index contributed by atoms with van der Waals surface area (Å²) in [7, 11) is -4.94. The molecule has 0 saturated carbocycles. The summed E-state index contributed by atoms with van der Waals surface area (Å²) in [6.07, 6.45) is 5.28. The predicted molar refractivity (Wildman–Crippen MR) is 52.3 cm³/mol. The van der Waals surface area contributed by atoms with Crippen molar-refractivity contribution in [2.75, 3.05) is 6.54 Å². The van der Waals surface area contributed by atoms with Gasteiger partial charge in [0.1, 0.15) is 5.69 Å². The summed E-state index contributed by atoms with van der Waals surface area (Å²) in [4.78, 5) is 11.3. The van der Waals surface area contributed by atoms with E-state index in [1.807, 2.05) is 12.1 Å². The van der Waals surface area contributed by atoms with Gasteiger partial charge in [0, 0.05) is 30.7 Å². The van der Waals surface area contributed by atoms with Crippen LogP contribution in [-0.2, 0) is 0 Å². The van der Waals surface area contributed by atoms with Gasteiger partial charge >= 0.3 is 0 Å². The van der Waals surface area contributed by atoms with E-state index < -0.39 is 10.2 Å². The first-order chi connectivity index (χ1) is 8.77. The smallest absolute Gasteiger partial charge is 0.269 e. The lowest BCUT2D eigenvalue weighted by atomic mass is 10.2. The molecule has 1 aliphatic rings. The van der Waals surface area contributed by atoms with Gasteiger partial charge in [0.2, 0.25) is 0 Å². The number of nitrogens with one attached hydrogen (secondary N) is 1. The van der Waals surface area contributed by atoms with Crippen LogP contribution in [0.2, 0.25) is 0 Å². The average Bonchev–Trinajstić information content (AvgIpc) is 2.80. The van der Waals surface area contributed by atoms with Gasteiger partial charge < -0.3 is 0 Å². The molecule has 0 spiro atoms. The van der Waals surface area contributed by atoms with Crippen molar-refractivity contribution in [1.82, 2.24) is 0 Å². The number of non-ortho nitro benzene ring substituents is 1. The Morgan fingerprint density at radius 3 is 2.00 bits per heavy atom. The van der Waals surface area contributed by atoms with E-state index in [0.29, 0.717) is 0 Å². The molecule has 104 valence electrons. The van der Waals surface area contributed by atoms with Gasteiger partial charge in [-0.1, -0.05) is 0 Å². The maximum absolute atomic E-state index is 10.4. The largest absolute Gasteiger partial charge is 0.276 e. The minimum atomic E-state index is -4.94. The number of rotatable bonds is 2. The van der Waals surface area contributed by atoms with Gasteiger partial charge in [0.15, 0.2) is 0 Å². The first-order valence-corrected chi connectivity index (χ1v) is 6.40. The SMILES string of the molecule is O=[N+]([O-])c1ccc([NH+]2C=CCC2)cc1.[O-][Cl+3]([O-])([O-])[O-]. The van der Waals surface area contributed by atoms with Crippen LogP contribution in [0, 0.1) is 20.4 Å². The third kappa shape index (κ3) is 6.25. The Bertz CT molecular complexity index is 450. The summed E-state index contributed by atoms with van der Waals surface area (Å²) in [5.41, 5.74) is 1.24. The topological polar surface area (TPSA) is 140 Å². The Labute approximate surface area is 110 Å². The fraction of sp³-hybridized carbons (Fsp3) is 0.200. The van der Waals surface area contributed by atoms with Crippen molar-refractivity contribution in [3.05, 3.63) is 46.7 Å². The molecule has 1 atom stereocenters. The normalized spacial score (nSPS) is 17.8. The standard InChI is InChI=1S/C10H10N2O2.ClHO4/c13-12(14)10-5-3-9(4-6-10)11-7-1-2-8-11;2-1(3,4)5/h1,3-7H,2,8H2;(H,2,3,4,5). The lowest BCUT2D eigenvalue weighted by molar-refractivity contribution is -2.00. The molecular weight excluding hydrogens is 280 g/mol. The van der Waals surface area contributed by atoms with Crippen molar-refractivity contribution in [2.24, 2.45) is 0 Å². The maximum atomic E-state index is 10.4. The molecule has 0 bridgehead atoms. The molecule has 0 fully saturated rings. The van der Waals surface area contributed by atoms with Crippen LogP contribution >= 0.6 is 0 Å². The van der Waals surface area contributed by atoms with E-state index in [1.165, 1.54) is 4.90 Å². The first kappa shape index (κ1) is 15.5. The number of nitrogens with zero attached hydrogens (tertiary/aromatic N) is 1. The highest BCUT2D eigenvalue weighted by atomic mass is 35.7. The van der Waals surface area contributed by atoms with Crippen molar-refractivity contribution in [1.29, 1.82) is 0 Å². The maximum Gasteiger partial charge on any atom is 0.269 e. The van der Waals surface area contributed by atoms with Crippen LogP contribution in [0.5, 0.6) is 0 Å². The molecule has 1 N–H and O–H groups in total. The van der Waals surface area contributed by atoms with E-state index in [4.69, 9.17) is 18.6 Å². The lowest BCUT2D eigenvalue weighted by Crippen LogP contribution is -3.00.